The van der Waals surface area contributed by atoms with E-state index in [1.165, 1.54) is 0 Å². The Balaban J connectivity index is 0.00000196. The summed E-state index contributed by atoms with van der Waals surface area (Å²) in [6.45, 7) is 0.369. The average molecular weight is 226 g/mol. The summed E-state index contributed by atoms with van der Waals surface area (Å²) in [7, 11) is 0. The van der Waals surface area contributed by atoms with Crippen LogP contribution in [0.25, 0.3) is 0 Å². The van der Waals surface area contributed by atoms with Crippen LogP contribution in [0.3, 0.4) is 0 Å². The maximum absolute atomic E-state index is 11.3. The zero-order valence-electron chi connectivity index (χ0n) is 8.10. The molecule has 1 aromatic rings. The van der Waals surface area contributed by atoms with Crippen molar-refractivity contribution in [3.05, 3.63) is 35.9 Å². The standard InChI is InChI=1S/C11H11NO2.ClH/c12-8-4-5-9-14-11(13)10-6-2-1-3-7-10;/h1-3,6-7H,8-9,12H2;1H. The van der Waals surface area contributed by atoms with Gasteiger partial charge in [-0.25, -0.2) is 4.79 Å². The molecule has 0 saturated carbocycles. The molecule has 0 aliphatic carbocycles. The Kier molecular flexibility index (Phi) is 7.08. The Morgan fingerprint density at radius 1 is 1.27 bits per heavy atom. The summed E-state index contributed by atoms with van der Waals surface area (Å²) >= 11 is 0. The first-order valence-corrected chi connectivity index (χ1v) is 4.22. The minimum atomic E-state index is -0.364. The second kappa shape index (κ2) is 7.86. The molecular weight excluding hydrogens is 214 g/mol. The molecule has 0 spiro atoms. The maximum atomic E-state index is 11.3. The summed E-state index contributed by atoms with van der Waals surface area (Å²) < 4.78 is 4.86. The number of carbonyl (C=O) groups excluding carboxylic acids is 1. The predicted octanol–water partition coefficient (Wildman–Crippen LogP) is 1.23. The van der Waals surface area contributed by atoms with E-state index in [2.05, 4.69) is 11.8 Å². The van der Waals surface area contributed by atoms with E-state index in [1.807, 2.05) is 6.07 Å². The SMILES string of the molecule is Cl.NCC#CCOC(=O)c1ccccc1. The Bertz CT molecular complexity index is 354. The number of benzene rings is 1. The van der Waals surface area contributed by atoms with Gasteiger partial charge in [0.15, 0.2) is 6.61 Å². The molecule has 2 N–H and O–H groups in total. The van der Waals surface area contributed by atoms with Crippen LogP contribution in [0.1, 0.15) is 10.4 Å². The normalized spacial score (nSPS) is 8.07. The summed E-state index contributed by atoms with van der Waals surface area (Å²) in [5.74, 6) is 4.86. The molecule has 0 aliphatic rings. The van der Waals surface area contributed by atoms with Crippen molar-refractivity contribution in [2.75, 3.05) is 13.2 Å². The number of halogens is 1. The molecule has 4 heteroatoms. The van der Waals surface area contributed by atoms with Crippen LogP contribution in [0.4, 0.5) is 0 Å². The number of ether oxygens (including phenoxy) is 1. The van der Waals surface area contributed by atoms with Gasteiger partial charge >= 0.3 is 5.97 Å². The van der Waals surface area contributed by atoms with Gasteiger partial charge in [0, 0.05) is 0 Å². The van der Waals surface area contributed by atoms with E-state index in [4.69, 9.17) is 10.5 Å². The zero-order chi connectivity index (χ0) is 10.2. The fourth-order valence-corrected chi connectivity index (χ4v) is 0.882. The lowest BCUT2D eigenvalue weighted by molar-refractivity contribution is 0.0556. The van der Waals surface area contributed by atoms with Crippen molar-refractivity contribution in [3.8, 4) is 11.8 Å². The number of rotatable bonds is 2. The molecule has 0 bridgehead atoms. The third kappa shape index (κ3) is 5.06. The smallest absolute Gasteiger partial charge is 0.339 e. The third-order valence-electron chi connectivity index (χ3n) is 1.51. The number of carbonyl (C=O) groups is 1. The van der Waals surface area contributed by atoms with Crippen molar-refractivity contribution < 1.29 is 9.53 Å². The van der Waals surface area contributed by atoms with Gasteiger partial charge in [-0.1, -0.05) is 30.0 Å². The van der Waals surface area contributed by atoms with Crippen molar-refractivity contribution >= 4 is 18.4 Å². The fourth-order valence-electron chi connectivity index (χ4n) is 0.882. The molecule has 0 aromatic heterocycles. The first kappa shape index (κ1) is 13.5. The second-order valence-electron chi connectivity index (χ2n) is 2.50. The largest absolute Gasteiger partial charge is 0.449 e. The van der Waals surface area contributed by atoms with Crippen LogP contribution >= 0.6 is 12.4 Å². The van der Waals surface area contributed by atoms with E-state index in [0.29, 0.717) is 5.56 Å². The van der Waals surface area contributed by atoms with Crippen LogP contribution in [0.2, 0.25) is 0 Å². The van der Waals surface area contributed by atoms with Crippen LogP contribution in [-0.2, 0) is 4.74 Å². The summed E-state index contributed by atoms with van der Waals surface area (Å²) in [5.41, 5.74) is 5.67. The monoisotopic (exact) mass is 225 g/mol. The minimum absolute atomic E-state index is 0. The molecule has 1 rings (SSSR count). The first-order chi connectivity index (χ1) is 6.84. The molecule has 3 nitrogen and oxygen atoms in total. The number of hydrogen-bond donors (Lipinski definition) is 1. The summed E-state index contributed by atoms with van der Waals surface area (Å²) in [6, 6.07) is 8.78. The maximum Gasteiger partial charge on any atom is 0.339 e. The van der Waals surface area contributed by atoms with E-state index in [0.717, 1.165) is 0 Å². The van der Waals surface area contributed by atoms with Crippen molar-refractivity contribution in [1.29, 1.82) is 0 Å². The molecule has 0 fully saturated rings. The lowest BCUT2D eigenvalue weighted by Gasteiger charge is -1.99. The molecule has 0 radical (unpaired) electrons. The van der Waals surface area contributed by atoms with Gasteiger partial charge in [-0.05, 0) is 12.1 Å². The zero-order valence-corrected chi connectivity index (χ0v) is 8.92. The molecule has 0 heterocycles. The minimum Gasteiger partial charge on any atom is -0.449 e. The molecule has 0 aliphatic heterocycles. The molecule has 1 aromatic carbocycles. The van der Waals surface area contributed by atoms with Gasteiger partial charge in [0.25, 0.3) is 0 Å². The van der Waals surface area contributed by atoms with Gasteiger partial charge in [0.2, 0.25) is 0 Å². The predicted molar refractivity (Wildman–Crippen MR) is 60.8 cm³/mol. The molecule has 15 heavy (non-hydrogen) atoms. The quantitative estimate of drug-likeness (QED) is 0.609. The lowest BCUT2D eigenvalue weighted by atomic mass is 10.2. The third-order valence-corrected chi connectivity index (χ3v) is 1.51. The first-order valence-electron chi connectivity index (χ1n) is 4.22. The van der Waals surface area contributed by atoms with E-state index < -0.39 is 0 Å². The topological polar surface area (TPSA) is 52.3 Å². The summed E-state index contributed by atoms with van der Waals surface area (Å²) in [6.07, 6.45) is 0. The van der Waals surface area contributed by atoms with Gasteiger partial charge < -0.3 is 10.5 Å². The van der Waals surface area contributed by atoms with Gasteiger partial charge in [0.05, 0.1) is 12.1 Å². The van der Waals surface area contributed by atoms with E-state index >= 15 is 0 Å². The summed E-state index contributed by atoms with van der Waals surface area (Å²) in [5, 5.41) is 0. The van der Waals surface area contributed by atoms with Gasteiger partial charge in [-0.2, -0.15) is 0 Å². The molecule has 0 unspecified atom stereocenters. The molecule has 80 valence electrons. The highest BCUT2D eigenvalue weighted by molar-refractivity contribution is 5.89. The van der Waals surface area contributed by atoms with Crippen LogP contribution in [0, 0.1) is 11.8 Å². The van der Waals surface area contributed by atoms with Crippen LogP contribution in [-0.4, -0.2) is 19.1 Å². The Morgan fingerprint density at radius 3 is 2.53 bits per heavy atom. The number of esters is 1. The van der Waals surface area contributed by atoms with Crippen LogP contribution in [0.15, 0.2) is 30.3 Å². The Hall–Kier alpha value is -1.50. The van der Waals surface area contributed by atoms with Crippen molar-refractivity contribution in [2.24, 2.45) is 5.73 Å². The van der Waals surface area contributed by atoms with Crippen LogP contribution in [0.5, 0.6) is 0 Å². The summed E-state index contributed by atoms with van der Waals surface area (Å²) in [4.78, 5) is 11.3. The fraction of sp³-hybridized carbons (Fsp3) is 0.182. The average Bonchev–Trinajstić information content (AvgIpc) is 2.25. The molecule has 0 amide bonds. The highest BCUT2D eigenvalue weighted by Crippen LogP contribution is 2.00. The van der Waals surface area contributed by atoms with Gasteiger partial charge in [-0.3, -0.25) is 0 Å². The van der Waals surface area contributed by atoms with E-state index in [1.54, 1.807) is 24.3 Å². The number of nitrogens with two attached hydrogens (primary N) is 1. The Morgan fingerprint density at radius 2 is 1.93 bits per heavy atom. The lowest BCUT2D eigenvalue weighted by Crippen LogP contribution is -2.05. The van der Waals surface area contributed by atoms with E-state index in [-0.39, 0.29) is 31.5 Å². The van der Waals surface area contributed by atoms with E-state index in [9.17, 15) is 4.79 Å². The van der Waals surface area contributed by atoms with Crippen molar-refractivity contribution in [1.82, 2.24) is 0 Å². The highest BCUT2D eigenvalue weighted by atomic mass is 35.5. The second-order valence-corrected chi connectivity index (χ2v) is 2.50. The number of hydrogen-bond acceptors (Lipinski definition) is 3. The molecule has 0 atom stereocenters. The van der Waals surface area contributed by atoms with Gasteiger partial charge in [-0.15, -0.1) is 12.4 Å². The highest BCUT2D eigenvalue weighted by Gasteiger charge is 2.03. The van der Waals surface area contributed by atoms with Gasteiger partial charge in [0.1, 0.15) is 0 Å². The molecule has 0 saturated heterocycles. The Labute approximate surface area is 95.0 Å². The van der Waals surface area contributed by atoms with Crippen molar-refractivity contribution in [2.45, 2.75) is 0 Å². The molecular formula is C11H12ClNO2. The van der Waals surface area contributed by atoms with Crippen molar-refractivity contribution in [3.63, 3.8) is 0 Å². The van der Waals surface area contributed by atoms with Crippen LogP contribution < -0.4 is 5.73 Å².